The first-order chi connectivity index (χ1) is 19.7. The standard InChI is InChI=1S/C30H44N6O5S/c1-18(17-32-7)34-28(38)24(35-27(37)22-12-9-8-10-13-22)14-11-15-33-29(31)36-42(39,40)26-20(3)19(2)25-23(21(26)4)16-30(5,6)41-25/h8-10,12-13,18,24,32H,11,14-17H2,1-7H3,(H,34,38)(H,35,37)(H3,31,33,36)/t18?,24-/m1/s1. The number of fused-ring (bicyclic) bond motifs is 1. The largest absolute Gasteiger partial charge is 0.487 e. The van der Waals surface area contributed by atoms with E-state index in [-0.39, 0.29) is 41.7 Å². The van der Waals surface area contributed by atoms with Crippen LogP contribution in [0.2, 0.25) is 0 Å². The Hall–Kier alpha value is -3.64. The fourth-order valence-corrected chi connectivity index (χ4v) is 6.69. The number of aliphatic imine (C=N–C) groups is 1. The van der Waals surface area contributed by atoms with Gasteiger partial charge in [0.2, 0.25) is 11.9 Å². The normalized spacial score (nSPS) is 15.7. The number of benzene rings is 2. The summed E-state index contributed by atoms with van der Waals surface area (Å²) in [5.41, 5.74) is 8.92. The van der Waals surface area contributed by atoms with E-state index in [0.29, 0.717) is 36.1 Å². The van der Waals surface area contributed by atoms with Crippen LogP contribution >= 0.6 is 0 Å². The van der Waals surface area contributed by atoms with Crippen LogP contribution in [0, 0.1) is 20.8 Å². The van der Waals surface area contributed by atoms with Crippen molar-refractivity contribution in [2.75, 3.05) is 20.1 Å². The molecule has 6 N–H and O–H groups in total. The van der Waals surface area contributed by atoms with Crippen molar-refractivity contribution in [3.63, 3.8) is 0 Å². The Morgan fingerprint density at radius 2 is 1.74 bits per heavy atom. The number of hydrogen-bond donors (Lipinski definition) is 5. The Kier molecular flexibility index (Phi) is 10.6. The van der Waals surface area contributed by atoms with Crippen molar-refractivity contribution in [3.8, 4) is 5.75 Å². The highest BCUT2D eigenvalue weighted by atomic mass is 32.2. The highest BCUT2D eigenvalue weighted by Crippen LogP contribution is 2.43. The monoisotopic (exact) mass is 600 g/mol. The molecule has 2 amide bonds. The third-order valence-corrected chi connectivity index (χ3v) is 8.92. The van der Waals surface area contributed by atoms with E-state index in [1.54, 1.807) is 51.2 Å². The van der Waals surface area contributed by atoms with E-state index in [2.05, 4.69) is 25.7 Å². The van der Waals surface area contributed by atoms with Crippen molar-refractivity contribution < 1.29 is 22.7 Å². The molecule has 3 rings (SSSR count). The quantitative estimate of drug-likeness (QED) is 0.142. The summed E-state index contributed by atoms with van der Waals surface area (Å²) in [5, 5.41) is 8.70. The summed E-state index contributed by atoms with van der Waals surface area (Å²) in [4.78, 5) is 30.1. The maximum Gasteiger partial charge on any atom is 0.264 e. The molecule has 2 atom stereocenters. The van der Waals surface area contributed by atoms with E-state index in [1.165, 1.54) is 0 Å². The summed E-state index contributed by atoms with van der Waals surface area (Å²) in [6.07, 6.45) is 1.25. The van der Waals surface area contributed by atoms with Gasteiger partial charge in [0.15, 0.2) is 0 Å². The van der Waals surface area contributed by atoms with Crippen molar-refractivity contribution in [2.24, 2.45) is 10.7 Å². The maximum absolute atomic E-state index is 13.4. The Labute approximate surface area is 249 Å². The van der Waals surface area contributed by atoms with Gasteiger partial charge >= 0.3 is 0 Å². The molecule has 1 heterocycles. The van der Waals surface area contributed by atoms with Crippen molar-refractivity contribution in [2.45, 2.75) is 83.4 Å². The molecule has 0 saturated heterocycles. The SMILES string of the molecule is CNCC(C)NC(=O)[C@@H](CCCN=C(N)NS(=O)(=O)c1c(C)c(C)c2c(c1C)CC(C)(C)O2)NC(=O)c1ccccc1. The van der Waals surface area contributed by atoms with Crippen molar-refractivity contribution in [1.82, 2.24) is 20.7 Å². The molecule has 0 aliphatic carbocycles. The number of hydrogen-bond acceptors (Lipinski definition) is 7. The highest BCUT2D eigenvalue weighted by molar-refractivity contribution is 7.90. The Balaban J connectivity index is 1.69. The van der Waals surface area contributed by atoms with Gasteiger partial charge in [-0.15, -0.1) is 0 Å². The summed E-state index contributed by atoms with van der Waals surface area (Å²) in [6.45, 7) is 11.9. The van der Waals surface area contributed by atoms with E-state index in [0.717, 1.165) is 16.9 Å². The highest BCUT2D eigenvalue weighted by Gasteiger charge is 2.36. The molecule has 2 aromatic carbocycles. The first-order valence-electron chi connectivity index (χ1n) is 14.1. The minimum atomic E-state index is -4.02. The second-order valence-corrected chi connectivity index (χ2v) is 13.0. The van der Waals surface area contributed by atoms with Gasteiger partial charge in [0.05, 0.1) is 4.90 Å². The number of amides is 2. The van der Waals surface area contributed by atoms with Crippen LogP contribution in [-0.2, 0) is 21.2 Å². The molecule has 0 radical (unpaired) electrons. The number of carbonyl (C=O) groups excluding carboxylic acids is 2. The molecular weight excluding hydrogens is 556 g/mol. The average Bonchev–Trinajstić information content (AvgIpc) is 3.25. The number of carbonyl (C=O) groups is 2. The number of nitrogens with zero attached hydrogens (tertiary/aromatic N) is 1. The molecule has 0 fully saturated rings. The molecule has 1 aliphatic heterocycles. The van der Waals surface area contributed by atoms with E-state index >= 15 is 0 Å². The lowest BCUT2D eigenvalue weighted by Gasteiger charge is -2.21. The maximum atomic E-state index is 13.4. The Morgan fingerprint density at radius 3 is 2.38 bits per heavy atom. The van der Waals surface area contributed by atoms with Gasteiger partial charge < -0.3 is 26.4 Å². The molecule has 230 valence electrons. The number of nitrogens with one attached hydrogen (secondary N) is 4. The Morgan fingerprint density at radius 1 is 1.07 bits per heavy atom. The van der Waals surface area contributed by atoms with Gasteiger partial charge in [0, 0.05) is 36.7 Å². The summed E-state index contributed by atoms with van der Waals surface area (Å²) in [5.74, 6) is -0.184. The lowest BCUT2D eigenvalue weighted by atomic mass is 9.94. The van der Waals surface area contributed by atoms with Gasteiger partial charge in [-0.1, -0.05) is 18.2 Å². The zero-order chi connectivity index (χ0) is 31.2. The van der Waals surface area contributed by atoms with Crippen LogP contribution in [0.1, 0.15) is 66.2 Å². The van der Waals surface area contributed by atoms with Crippen LogP contribution in [0.4, 0.5) is 0 Å². The van der Waals surface area contributed by atoms with Gasteiger partial charge in [-0.2, -0.15) is 0 Å². The van der Waals surface area contributed by atoms with Crippen molar-refractivity contribution in [1.29, 1.82) is 0 Å². The molecule has 0 saturated carbocycles. The molecule has 0 aromatic heterocycles. The van der Waals surface area contributed by atoms with Gasteiger partial charge in [-0.3, -0.25) is 14.6 Å². The van der Waals surface area contributed by atoms with Crippen molar-refractivity contribution >= 4 is 27.8 Å². The molecule has 1 aliphatic rings. The van der Waals surface area contributed by atoms with E-state index in [9.17, 15) is 18.0 Å². The van der Waals surface area contributed by atoms with E-state index in [4.69, 9.17) is 10.5 Å². The predicted octanol–water partition coefficient (Wildman–Crippen LogP) is 2.22. The zero-order valence-electron chi connectivity index (χ0n) is 25.6. The average molecular weight is 601 g/mol. The minimum absolute atomic E-state index is 0.144. The van der Waals surface area contributed by atoms with Gasteiger partial charge in [0.25, 0.3) is 15.9 Å². The van der Waals surface area contributed by atoms with Gasteiger partial charge in [-0.25, -0.2) is 13.1 Å². The molecule has 0 bridgehead atoms. The van der Waals surface area contributed by atoms with Crippen LogP contribution in [0.25, 0.3) is 0 Å². The molecule has 12 heteroatoms. The summed E-state index contributed by atoms with van der Waals surface area (Å²) in [7, 11) is -2.23. The molecule has 2 aromatic rings. The Bertz CT molecular complexity index is 1440. The molecular formula is C30H44N6O5S. The first-order valence-corrected chi connectivity index (χ1v) is 15.6. The van der Waals surface area contributed by atoms with Crippen LogP contribution in [0.3, 0.4) is 0 Å². The van der Waals surface area contributed by atoms with E-state index < -0.39 is 21.7 Å². The number of guanidine groups is 1. The fourth-order valence-electron chi connectivity index (χ4n) is 5.16. The zero-order valence-corrected chi connectivity index (χ0v) is 26.4. The summed E-state index contributed by atoms with van der Waals surface area (Å²) < 4.78 is 35.3. The topological polar surface area (TPSA) is 164 Å². The lowest BCUT2D eigenvalue weighted by molar-refractivity contribution is -0.123. The number of nitrogens with two attached hydrogens (primary N) is 1. The molecule has 11 nitrogen and oxygen atoms in total. The van der Waals surface area contributed by atoms with Crippen molar-refractivity contribution in [3.05, 3.63) is 58.1 Å². The smallest absolute Gasteiger partial charge is 0.264 e. The van der Waals surface area contributed by atoms with Crippen LogP contribution in [0.5, 0.6) is 5.75 Å². The third kappa shape index (κ3) is 8.01. The van der Waals surface area contributed by atoms with Crippen LogP contribution in [0.15, 0.2) is 40.2 Å². The number of sulfonamides is 1. The number of ether oxygens (including phenoxy) is 1. The van der Waals surface area contributed by atoms with E-state index in [1.807, 2.05) is 27.7 Å². The molecule has 1 unspecified atom stereocenters. The second-order valence-electron chi connectivity index (χ2n) is 11.4. The predicted molar refractivity (Wildman–Crippen MR) is 164 cm³/mol. The van der Waals surface area contributed by atoms with Gasteiger partial charge in [0.1, 0.15) is 17.4 Å². The summed E-state index contributed by atoms with van der Waals surface area (Å²) in [6, 6.07) is 7.69. The summed E-state index contributed by atoms with van der Waals surface area (Å²) >= 11 is 0. The second kappa shape index (κ2) is 13.6. The van der Waals surface area contributed by atoms with Crippen LogP contribution < -0.4 is 31.1 Å². The number of rotatable bonds is 12. The number of likely N-dealkylation sites (N-methyl/N-ethyl adjacent to an activating group) is 1. The minimum Gasteiger partial charge on any atom is -0.487 e. The van der Waals surface area contributed by atoms with Gasteiger partial charge in [-0.05, 0) is 90.3 Å². The molecule has 42 heavy (non-hydrogen) atoms. The molecule has 0 spiro atoms. The third-order valence-electron chi connectivity index (χ3n) is 7.29. The first kappa shape index (κ1) is 32.9. The van der Waals surface area contributed by atoms with Crippen LogP contribution in [-0.4, -0.2) is 64.0 Å². The lowest BCUT2D eigenvalue weighted by Crippen LogP contribution is -2.50. The fraction of sp³-hybridized carbons (Fsp3) is 0.500.